The fourth-order valence-electron chi connectivity index (χ4n) is 6.54. The molecule has 0 N–H and O–H groups in total. The zero-order valence-corrected chi connectivity index (χ0v) is 25.9. The Morgan fingerprint density at radius 1 is 0.659 bits per heavy atom. The Morgan fingerprint density at radius 3 is 2.11 bits per heavy atom. The monoisotopic (exact) mass is 583 g/mol. The van der Waals surface area contributed by atoms with Crippen molar-refractivity contribution in [3.05, 3.63) is 158 Å². The molecule has 0 atom stereocenters. The van der Waals surface area contributed by atoms with E-state index < -0.39 is 0 Å². The van der Waals surface area contributed by atoms with Crippen LogP contribution in [0, 0.1) is 0 Å². The van der Waals surface area contributed by atoms with Gasteiger partial charge in [-0.05, 0) is 83.3 Å². The Hall–Kier alpha value is -5.18. The normalized spacial score (nSPS) is 13.0. The Kier molecular flexibility index (Phi) is 7.21. The lowest BCUT2D eigenvalue weighted by Gasteiger charge is -2.11. The Balaban J connectivity index is 1.71. The second-order valence-electron chi connectivity index (χ2n) is 10.9. The quantitative estimate of drug-likeness (QED) is 0.165. The Bertz CT molecular complexity index is 2370. The largest absolute Gasteiger partial charge is 0.308 e. The number of nitrogens with zero attached hydrogens (tertiary/aromatic N) is 1. The van der Waals surface area contributed by atoms with Gasteiger partial charge in [-0.1, -0.05) is 116 Å². The summed E-state index contributed by atoms with van der Waals surface area (Å²) in [6, 6.07) is 33.4. The van der Waals surface area contributed by atoms with Crippen molar-refractivity contribution < 1.29 is 0 Å². The van der Waals surface area contributed by atoms with Gasteiger partial charge in [-0.2, -0.15) is 0 Å². The molecule has 1 nitrogen and oxygen atoms in total. The van der Waals surface area contributed by atoms with Gasteiger partial charge in [0.25, 0.3) is 0 Å². The summed E-state index contributed by atoms with van der Waals surface area (Å²) in [5, 5.41) is 7.67. The van der Waals surface area contributed by atoms with E-state index in [0.717, 1.165) is 11.3 Å². The molecule has 7 aromatic rings. The van der Waals surface area contributed by atoms with E-state index in [0.29, 0.717) is 0 Å². The molecule has 0 saturated carbocycles. The van der Waals surface area contributed by atoms with Gasteiger partial charge in [-0.3, -0.25) is 0 Å². The molecule has 0 aliphatic heterocycles. The lowest BCUT2D eigenvalue weighted by Crippen LogP contribution is -1.95. The van der Waals surface area contributed by atoms with E-state index in [1.54, 1.807) is 0 Å². The predicted molar refractivity (Wildman–Crippen MR) is 198 cm³/mol. The third-order valence-electron chi connectivity index (χ3n) is 8.30. The molecular weight excluding hydrogens is 551 g/mol. The number of hydrogen-bond acceptors (Lipinski definition) is 1. The van der Waals surface area contributed by atoms with Crippen molar-refractivity contribution in [3.63, 3.8) is 0 Å². The molecule has 2 heterocycles. The zero-order valence-electron chi connectivity index (χ0n) is 25.0. The predicted octanol–water partition coefficient (Wildman–Crippen LogP) is 12.7. The highest BCUT2D eigenvalue weighted by Crippen LogP contribution is 2.48. The van der Waals surface area contributed by atoms with Crippen LogP contribution in [0.5, 0.6) is 0 Å². The first-order valence-corrected chi connectivity index (χ1v) is 15.8. The minimum atomic E-state index is 1.09. The number of allylic oxidation sites excluding steroid dienone is 10. The Labute approximate surface area is 262 Å². The van der Waals surface area contributed by atoms with Gasteiger partial charge < -0.3 is 4.57 Å². The van der Waals surface area contributed by atoms with Crippen molar-refractivity contribution >= 4 is 75.4 Å². The maximum Gasteiger partial charge on any atom is 0.0726 e. The van der Waals surface area contributed by atoms with Gasteiger partial charge in [0, 0.05) is 31.9 Å². The topological polar surface area (TPSA) is 4.93 Å². The summed E-state index contributed by atoms with van der Waals surface area (Å²) in [5.41, 5.74) is 8.27. The second-order valence-corrected chi connectivity index (χ2v) is 12.0. The van der Waals surface area contributed by atoms with E-state index in [9.17, 15) is 0 Å². The molecular formula is C42H33NS. The number of benzene rings is 5. The highest BCUT2D eigenvalue weighted by molar-refractivity contribution is 7.27. The molecule has 0 amide bonds. The van der Waals surface area contributed by atoms with Crippen molar-refractivity contribution in [1.29, 1.82) is 0 Å². The van der Waals surface area contributed by atoms with Gasteiger partial charge in [0.05, 0.1) is 15.7 Å². The summed E-state index contributed by atoms with van der Waals surface area (Å²) < 4.78 is 5.02. The smallest absolute Gasteiger partial charge is 0.0726 e. The Morgan fingerprint density at radius 2 is 1.39 bits per heavy atom. The standard InChI is InChI=1S/C42H33NS/c1-5-14-28(15-6-2)30-22-24-37-35(26-30)39-33-20-12-13-21-34(33)40-36-27-31(29-18-10-9-11-19-29)23-25-38(36)44-42(40)41(39)43(37)32(16-7-3)17-8-4/h5-27H,1,3H2,2,4H3/b15-6-,17-8-,28-14+,32-16+. The van der Waals surface area contributed by atoms with E-state index >= 15 is 0 Å². The third kappa shape index (κ3) is 4.38. The van der Waals surface area contributed by atoms with Gasteiger partial charge in [0.15, 0.2) is 0 Å². The van der Waals surface area contributed by atoms with Gasteiger partial charge in [-0.15, -0.1) is 11.3 Å². The van der Waals surface area contributed by atoms with Gasteiger partial charge in [0.1, 0.15) is 0 Å². The average molecular weight is 584 g/mol. The molecule has 0 bridgehead atoms. The summed E-state index contributed by atoms with van der Waals surface area (Å²) in [6.45, 7) is 12.2. The van der Waals surface area contributed by atoms with Crippen LogP contribution in [0.1, 0.15) is 19.4 Å². The molecule has 2 heteroatoms. The van der Waals surface area contributed by atoms with Gasteiger partial charge in [0.2, 0.25) is 0 Å². The van der Waals surface area contributed by atoms with E-state index in [4.69, 9.17) is 0 Å². The van der Waals surface area contributed by atoms with Crippen molar-refractivity contribution in [2.45, 2.75) is 13.8 Å². The maximum absolute atomic E-state index is 4.07. The minimum absolute atomic E-state index is 1.09. The number of hydrogen-bond donors (Lipinski definition) is 0. The number of fused-ring (bicyclic) bond motifs is 10. The zero-order chi connectivity index (χ0) is 30.2. The molecule has 5 aromatic carbocycles. The summed E-state index contributed by atoms with van der Waals surface area (Å²) in [4.78, 5) is 0. The molecule has 0 radical (unpaired) electrons. The van der Waals surface area contributed by atoms with Gasteiger partial charge >= 0.3 is 0 Å². The maximum atomic E-state index is 4.07. The second kappa shape index (κ2) is 11.5. The van der Waals surface area contributed by atoms with Crippen LogP contribution in [0.15, 0.2) is 153 Å². The van der Waals surface area contributed by atoms with Crippen LogP contribution in [0.4, 0.5) is 0 Å². The van der Waals surface area contributed by atoms with E-state index in [1.165, 1.54) is 69.4 Å². The van der Waals surface area contributed by atoms with Crippen LogP contribution in [0.25, 0.3) is 75.1 Å². The fraction of sp³-hybridized carbons (Fsp3) is 0.0476. The minimum Gasteiger partial charge on any atom is -0.308 e. The highest BCUT2D eigenvalue weighted by atomic mass is 32.1. The first-order chi connectivity index (χ1) is 21.7. The summed E-state index contributed by atoms with van der Waals surface area (Å²) in [5.74, 6) is 0. The van der Waals surface area contributed by atoms with Crippen molar-refractivity contribution in [1.82, 2.24) is 4.57 Å². The van der Waals surface area contributed by atoms with Crippen LogP contribution in [0.3, 0.4) is 0 Å². The highest BCUT2D eigenvalue weighted by Gasteiger charge is 2.22. The first kappa shape index (κ1) is 27.6. The molecule has 7 rings (SSSR count). The SMILES string of the molecule is C=C/C=C(\C=C/C)c1ccc2c(c1)c1c3ccccc3c3c4cc(-c5ccccc5)ccc4sc3c1n2C(/C=C\C)=C/C=C. The third-order valence-corrected chi connectivity index (χ3v) is 9.48. The molecule has 0 spiro atoms. The van der Waals surface area contributed by atoms with E-state index in [2.05, 4.69) is 159 Å². The van der Waals surface area contributed by atoms with Crippen LogP contribution < -0.4 is 0 Å². The van der Waals surface area contributed by atoms with Crippen molar-refractivity contribution in [2.75, 3.05) is 0 Å². The molecule has 0 saturated heterocycles. The van der Waals surface area contributed by atoms with E-state index in [1.807, 2.05) is 23.5 Å². The lowest BCUT2D eigenvalue weighted by molar-refractivity contribution is 1.24. The summed E-state index contributed by atoms with van der Waals surface area (Å²) >= 11 is 1.89. The van der Waals surface area contributed by atoms with Crippen LogP contribution in [-0.2, 0) is 0 Å². The number of rotatable bonds is 7. The van der Waals surface area contributed by atoms with Gasteiger partial charge in [-0.25, -0.2) is 0 Å². The number of thiophene rings is 1. The van der Waals surface area contributed by atoms with Crippen LogP contribution in [-0.4, -0.2) is 4.57 Å². The lowest BCUT2D eigenvalue weighted by atomic mass is 9.96. The number of aromatic nitrogens is 1. The molecule has 44 heavy (non-hydrogen) atoms. The molecule has 0 unspecified atom stereocenters. The van der Waals surface area contributed by atoms with Crippen molar-refractivity contribution in [2.24, 2.45) is 0 Å². The molecule has 0 fully saturated rings. The van der Waals surface area contributed by atoms with Crippen LogP contribution in [0.2, 0.25) is 0 Å². The first-order valence-electron chi connectivity index (χ1n) is 15.0. The summed E-state index contributed by atoms with van der Waals surface area (Å²) in [6.07, 6.45) is 16.4. The van der Waals surface area contributed by atoms with Crippen molar-refractivity contribution in [3.8, 4) is 11.1 Å². The average Bonchev–Trinajstić information content (AvgIpc) is 3.61. The van der Waals surface area contributed by atoms with E-state index in [-0.39, 0.29) is 0 Å². The molecule has 2 aromatic heterocycles. The van der Waals surface area contributed by atoms with Crippen LogP contribution >= 0.6 is 11.3 Å². The fourth-order valence-corrected chi connectivity index (χ4v) is 7.78. The molecule has 212 valence electrons. The summed E-state index contributed by atoms with van der Waals surface area (Å²) in [7, 11) is 0. The molecule has 0 aliphatic carbocycles. The molecule has 0 aliphatic rings.